The monoisotopic (exact) mass is 376 g/mol. The van der Waals surface area contributed by atoms with Crippen molar-refractivity contribution >= 4 is 23.3 Å². The maximum atomic E-state index is 14.3. The number of nitrogens with one attached hydrogen (secondary N) is 1. The number of alkyl halides is 2. The predicted molar refractivity (Wildman–Crippen MR) is 97.8 cm³/mol. The van der Waals surface area contributed by atoms with Gasteiger partial charge in [-0.05, 0) is 32.4 Å². The molecule has 8 heteroatoms. The van der Waals surface area contributed by atoms with E-state index in [2.05, 4.69) is 15.2 Å². The van der Waals surface area contributed by atoms with Crippen LogP contribution in [0.2, 0.25) is 0 Å². The zero-order valence-electron chi connectivity index (χ0n) is 15.6. The van der Waals surface area contributed by atoms with Crippen molar-refractivity contribution in [3.05, 3.63) is 35.2 Å². The molecule has 0 aliphatic carbocycles. The third-order valence-corrected chi connectivity index (χ3v) is 4.47. The van der Waals surface area contributed by atoms with Gasteiger partial charge in [0.15, 0.2) is 5.69 Å². The normalized spacial score (nSPS) is 21.1. The number of carbonyl (C=O) groups excluding carboxylic acids is 1. The molecule has 1 aromatic rings. The Morgan fingerprint density at radius 1 is 1.44 bits per heavy atom. The zero-order valence-corrected chi connectivity index (χ0v) is 15.6. The lowest BCUT2D eigenvalue weighted by molar-refractivity contribution is -0.0741. The number of ether oxygens (including phenoxy) is 1. The highest BCUT2D eigenvalue weighted by atomic mass is 19.3. The van der Waals surface area contributed by atoms with E-state index in [4.69, 9.17) is 11.3 Å². The predicted octanol–water partition coefficient (Wildman–Crippen LogP) is 4.06. The van der Waals surface area contributed by atoms with Crippen molar-refractivity contribution in [2.75, 3.05) is 13.1 Å². The van der Waals surface area contributed by atoms with Crippen LogP contribution in [-0.4, -0.2) is 47.5 Å². The van der Waals surface area contributed by atoms with E-state index in [0.29, 0.717) is 17.9 Å². The second-order valence-electron chi connectivity index (χ2n) is 7.79. The minimum absolute atomic E-state index is 0.0469. The second kappa shape index (κ2) is 6.80. The van der Waals surface area contributed by atoms with Gasteiger partial charge in [-0.25, -0.2) is 23.4 Å². The lowest BCUT2D eigenvalue weighted by Crippen LogP contribution is -2.60. The SMILES string of the molecule is [C-]#[N+]c1ccc2c(c1)CC(N1CCC(F)(F)[C@H](NC(=O)OC(C)(C)C)C1)=N2. The molecule has 2 heterocycles. The molecule has 1 saturated heterocycles. The number of piperidine rings is 1. The first-order valence-corrected chi connectivity index (χ1v) is 8.78. The average molecular weight is 376 g/mol. The maximum absolute atomic E-state index is 14.3. The van der Waals surface area contributed by atoms with Gasteiger partial charge in [-0.1, -0.05) is 12.1 Å². The van der Waals surface area contributed by atoms with Gasteiger partial charge in [-0.3, -0.25) is 0 Å². The summed E-state index contributed by atoms with van der Waals surface area (Å²) in [6.07, 6.45) is -0.744. The summed E-state index contributed by atoms with van der Waals surface area (Å²) in [5.74, 6) is -2.34. The number of likely N-dealkylation sites (tertiary alicyclic amines) is 1. The van der Waals surface area contributed by atoms with Crippen molar-refractivity contribution in [2.24, 2.45) is 4.99 Å². The summed E-state index contributed by atoms with van der Waals surface area (Å²) in [7, 11) is 0. The summed E-state index contributed by atoms with van der Waals surface area (Å²) in [6, 6.07) is 3.87. The number of carbonyl (C=O) groups is 1. The Morgan fingerprint density at radius 2 is 2.19 bits per heavy atom. The Kier molecular flexibility index (Phi) is 4.81. The van der Waals surface area contributed by atoms with Gasteiger partial charge in [-0.15, -0.1) is 0 Å². The van der Waals surface area contributed by atoms with Crippen LogP contribution in [0.4, 0.5) is 25.0 Å². The molecule has 2 aliphatic rings. The fourth-order valence-electron chi connectivity index (χ4n) is 3.16. The summed E-state index contributed by atoms with van der Waals surface area (Å²) >= 11 is 0. The number of alkyl carbamates (subject to hydrolysis) is 1. The molecular formula is C19H22F2N4O2. The van der Waals surface area contributed by atoms with Crippen LogP contribution in [0.25, 0.3) is 4.85 Å². The van der Waals surface area contributed by atoms with Gasteiger partial charge in [0.2, 0.25) is 0 Å². The molecule has 1 amide bonds. The van der Waals surface area contributed by atoms with Crippen LogP contribution < -0.4 is 5.32 Å². The molecule has 1 N–H and O–H groups in total. The number of hydrogen-bond donors (Lipinski definition) is 1. The molecule has 1 fully saturated rings. The van der Waals surface area contributed by atoms with E-state index in [1.165, 1.54) is 0 Å². The highest BCUT2D eigenvalue weighted by Gasteiger charge is 2.46. The largest absolute Gasteiger partial charge is 0.444 e. The standard InChI is InChI=1S/C19H22F2N4O2/c1-18(2,3)27-17(26)24-15-11-25(8-7-19(15,20)21)16-10-12-9-13(22-4)5-6-14(12)23-16/h5-6,9,15H,7-8,10-11H2,1-3H3,(H,24,26)/t15-/m1/s1. The molecular weight excluding hydrogens is 354 g/mol. The van der Waals surface area contributed by atoms with Crippen LogP contribution in [0.5, 0.6) is 0 Å². The maximum Gasteiger partial charge on any atom is 0.408 e. The van der Waals surface area contributed by atoms with E-state index in [-0.39, 0.29) is 19.5 Å². The van der Waals surface area contributed by atoms with Crippen LogP contribution >= 0.6 is 0 Å². The topological polar surface area (TPSA) is 58.3 Å². The number of hydrogen-bond acceptors (Lipinski definition) is 4. The summed E-state index contributed by atoms with van der Waals surface area (Å²) in [4.78, 5) is 21.6. The number of halogens is 2. The number of fused-ring (bicyclic) bond motifs is 1. The first-order valence-electron chi connectivity index (χ1n) is 8.78. The van der Waals surface area contributed by atoms with Gasteiger partial charge in [0.1, 0.15) is 17.5 Å². The highest BCUT2D eigenvalue weighted by Crippen LogP contribution is 2.34. The van der Waals surface area contributed by atoms with Crippen LogP contribution in [0.15, 0.2) is 23.2 Å². The van der Waals surface area contributed by atoms with Crippen molar-refractivity contribution < 1.29 is 18.3 Å². The highest BCUT2D eigenvalue weighted by molar-refractivity contribution is 5.93. The molecule has 2 aliphatic heterocycles. The van der Waals surface area contributed by atoms with E-state index in [0.717, 1.165) is 11.3 Å². The van der Waals surface area contributed by atoms with E-state index >= 15 is 0 Å². The van der Waals surface area contributed by atoms with Gasteiger partial charge in [0, 0.05) is 25.9 Å². The average Bonchev–Trinajstić information content (AvgIpc) is 2.97. The molecule has 6 nitrogen and oxygen atoms in total. The van der Waals surface area contributed by atoms with Crippen molar-refractivity contribution in [3.8, 4) is 0 Å². The Labute approximate surface area is 157 Å². The summed E-state index contributed by atoms with van der Waals surface area (Å²) in [5.41, 5.74) is 1.43. The smallest absolute Gasteiger partial charge is 0.408 e. The first kappa shape index (κ1) is 19.1. The molecule has 0 aromatic heterocycles. The number of rotatable bonds is 1. The van der Waals surface area contributed by atoms with Crippen LogP contribution in [0, 0.1) is 6.57 Å². The summed E-state index contributed by atoms with van der Waals surface area (Å²) in [5, 5.41) is 2.31. The third kappa shape index (κ3) is 4.35. The molecule has 0 saturated carbocycles. The van der Waals surface area contributed by atoms with Crippen LogP contribution in [-0.2, 0) is 11.2 Å². The van der Waals surface area contributed by atoms with Gasteiger partial charge >= 0.3 is 6.09 Å². The Morgan fingerprint density at radius 3 is 2.85 bits per heavy atom. The van der Waals surface area contributed by atoms with Gasteiger partial charge in [0.25, 0.3) is 5.92 Å². The second-order valence-corrected chi connectivity index (χ2v) is 7.79. The van der Waals surface area contributed by atoms with Gasteiger partial charge < -0.3 is 15.0 Å². The quantitative estimate of drug-likeness (QED) is 0.752. The minimum atomic E-state index is -3.02. The van der Waals surface area contributed by atoms with Crippen molar-refractivity contribution in [1.82, 2.24) is 10.2 Å². The zero-order chi connectivity index (χ0) is 19.8. The third-order valence-electron chi connectivity index (χ3n) is 4.47. The Bertz CT molecular complexity index is 824. The van der Waals surface area contributed by atoms with Gasteiger partial charge in [-0.2, -0.15) is 0 Å². The fourth-order valence-corrected chi connectivity index (χ4v) is 3.16. The molecule has 0 radical (unpaired) electrons. The summed E-state index contributed by atoms with van der Waals surface area (Å²) < 4.78 is 33.7. The van der Waals surface area contributed by atoms with Crippen molar-refractivity contribution in [1.29, 1.82) is 0 Å². The Hall–Kier alpha value is -2.69. The summed E-state index contributed by atoms with van der Waals surface area (Å²) in [6.45, 7) is 12.2. The first-order chi connectivity index (χ1) is 12.6. The molecule has 0 bridgehead atoms. The number of aliphatic imine (C=N–C) groups is 1. The number of amides is 1. The number of benzene rings is 1. The van der Waals surface area contributed by atoms with Crippen molar-refractivity contribution in [2.45, 2.75) is 51.2 Å². The van der Waals surface area contributed by atoms with E-state index < -0.39 is 23.7 Å². The molecule has 0 spiro atoms. The fraction of sp³-hybridized carbons (Fsp3) is 0.526. The number of nitrogens with zero attached hydrogens (tertiary/aromatic N) is 3. The van der Waals surface area contributed by atoms with E-state index in [1.54, 1.807) is 43.9 Å². The molecule has 1 atom stereocenters. The van der Waals surface area contributed by atoms with Crippen LogP contribution in [0.1, 0.15) is 32.8 Å². The molecule has 0 unspecified atom stereocenters. The lowest BCUT2D eigenvalue weighted by atomic mass is 10.00. The minimum Gasteiger partial charge on any atom is -0.444 e. The lowest BCUT2D eigenvalue weighted by Gasteiger charge is -2.39. The molecule has 3 rings (SSSR count). The van der Waals surface area contributed by atoms with Crippen molar-refractivity contribution in [3.63, 3.8) is 0 Å². The van der Waals surface area contributed by atoms with E-state index in [9.17, 15) is 13.6 Å². The molecule has 1 aromatic carbocycles. The Balaban J connectivity index is 1.70. The molecule has 144 valence electrons. The van der Waals surface area contributed by atoms with Gasteiger partial charge in [0.05, 0.1) is 12.3 Å². The molecule has 27 heavy (non-hydrogen) atoms. The van der Waals surface area contributed by atoms with Crippen LogP contribution in [0.3, 0.4) is 0 Å². The van der Waals surface area contributed by atoms with E-state index in [1.807, 2.05) is 0 Å². The number of amidine groups is 1.